The zero-order valence-corrected chi connectivity index (χ0v) is 12.2. The molecular formula is C16H17N3O2. The van der Waals surface area contributed by atoms with Crippen molar-refractivity contribution in [1.29, 1.82) is 0 Å². The van der Waals surface area contributed by atoms with Crippen molar-refractivity contribution in [3.63, 3.8) is 0 Å². The quantitative estimate of drug-likeness (QED) is 0.707. The molecule has 0 saturated heterocycles. The van der Waals surface area contributed by atoms with Crippen LogP contribution in [0.4, 0.5) is 10.6 Å². The van der Waals surface area contributed by atoms with E-state index in [1.54, 1.807) is 6.20 Å². The number of hydrogen-bond acceptors (Lipinski definition) is 3. The number of hydrogen-bond donors (Lipinski definition) is 2. The van der Waals surface area contributed by atoms with Crippen LogP contribution >= 0.6 is 0 Å². The number of aromatic nitrogens is 2. The second-order valence-corrected chi connectivity index (χ2v) is 5.91. The summed E-state index contributed by atoms with van der Waals surface area (Å²) in [4.78, 5) is 19.3. The van der Waals surface area contributed by atoms with Crippen LogP contribution in [0.2, 0.25) is 0 Å². The van der Waals surface area contributed by atoms with Gasteiger partial charge in [-0.1, -0.05) is 18.2 Å². The average Bonchev–Trinajstić information content (AvgIpc) is 2.74. The number of nitrogens with zero attached hydrogens (tertiary/aromatic N) is 1. The van der Waals surface area contributed by atoms with Gasteiger partial charge in [0.25, 0.3) is 0 Å². The third kappa shape index (κ3) is 2.81. The summed E-state index contributed by atoms with van der Waals surface area (Å²) >= 11 is 0. The van der Waals surface area contributed by atoms with Crippen molar-refractivity contribution in [3.05, 3.63) is 36.5 Å². The van der Waals surface area contributed by atoms with Gasteiger partial charge in [0.15, 0.2) is 0 Å². The number of carbonyl (C=O) groups is 1. The van der Waals surface area contributed by atoms with Crippen LogP contribution in [0.5, 0.6) is 0 Å². The number of nitrogens with one attached hydrogen (secondary N) is 2. The van der Waals surface area contributed by atoms with Crippen LogP contribution in [0.1, 0.15) is 20.8 Å². The van der Waals surface area contributed by atoms with Crippen molar-refractivity contribution in [1.82, 2.24) is 9.97 Å². The van der Waals surface area contributed by atoms with E-state index in [0.717, 1.165) is 21.8 Å². The zero-order chi connectivity index (χ0) is 15.0. The van der Waals surface area contributed by atoms with Crippen LogP contribution in [0.15, 0.2) is 36.5 Å². The van der Waals surface area contributed by atoms with Gasteiger partial charge in [0.1, 0.15) is 11.4 Å². The van der Waals surface area contributed by atoms with E-state index in [4.69, 9.17) is 4.74 Å². The third-order valence-electron chi connectivity index (χ3n) is 3.02. The summed E-state index contributed by atoms with van der Waals surface area (Å²) in [6.07, 6.45) is 1.20. The minimum Gasteiger partial charge on any atom is -0.444 e. The van der Waals surface area contributed by atoms with Gasteiger partial charge in [-0.05, 0) is 32.9 Å². The van der Waals surface area contributed by atoms with E-state index in [9.17, 15) is 4.79 Å². The van der Waals surface area contributed by atoms with E-state index < -0.39 is 11.7 Å². The number of pyridine rings is 1. The van der Waals surface area contributed by atoms with Gasteiger partial charge in [-0.25, -0.2) is 9.78 Å². The van der Waals surface area contributed by atoms with Gasteiger partial charge in [0.2, 0.25) is 0 Å². The van der Waals surface area contributed by atoms with Gasteiger partial charge in [0.05, 0.1) is 11.7 Å². The standard InChI is InChI=1S/C16H17N3O2/c1-16(2,3)21-15(20)19-14-8-11-10-6-4-5-7-12(10)18-13(11)9-17-14/h4-9,18H,1-3H3,(H,17,19,20). The number of benzene rings is 1. The van der Waals surface area contributed by atoms with E-state index >= 15 is 0 Å². The molecule has 0 aliphatic heterocycles. The van der Waals surface area contributed by atoms with E-state index in [2.05, 4.69) is 15.3 Å². The minimum atomic E-state index is -0.533. The molecule has 1 amide bonds. The third-order valence-corrected chi connectivity index (χ3v) is 3.02. The first kappa shape index (κ1) is 13.4. The molecule has 0 spiro atoms. The fourth-order valence-corrected chi connectivity index (χ4v) is 2.23. The molecule has 1 aromatic carbocycles. The summed E-state index contributed by atoms with van der Waals surface area (Å²) in [5.74, 6) is 0.474. The minimum absolute atomic E-state index is 0.474. The molecule has 0 bridgehead atoms. The Bertz CT molecular complexity index is 815. The number of ether oxygens (including phenoxy) is 1. The van der Waals surface area contributed by atoms with Crippen LogP contribution in [0.25, 0.3) is 21.8 Å². The topological polar surface area (TPSA) is 67.0 Å². The highest BCUT2D eigenvalue weighted by Gasteiger charge is 2.16. The highest BCUT2D eigenvalue weighted by molar-refractivity contribution is 6.08. The first-order valence-electron chi connectivity index (χ1n) is 6.79. The predicted molar refractivity (Wildman–Crippen MR) is 83.5 cm³/mol. The number of carbonyl (C=O) groups excluding carboxylic acids is 1. The Hall–Kier alpha value is -2.56. The van der Waals surface area contributed by atoms with Crippen molar-refractivity contribution in [3.8, 4) is 0 Å². The van der Waals surface area contributed by atoms with Crippen LogP contribution in [0, 0.1) is 0 Å². The normalized spacial score (nSPS) is 11.8. The van der Waals surface area contributed by atoms with Crippen molar-refractivity contribution in [2.75, 3.05) is 5.32 Å². The fourth-order valence-electron chi connectivity index (χ4n) is 2.23. The summed E-state index contributed by atoms with van der Waals surface area (Å²) in [6.45, 7) is 5.47. The summed E-state index contributed by atoms with van der Waals surface area (Å²) in [6, 6.07) is 9.85. The van der Waals surface area contributed by atoms with Gasteiger partial charge < -0.3 is 9.72 Å². The Labute approximate surface area is 122 Å². The molecule has 0 aliphatic carbocycles. The maximum absolute atomic E-state index is 11.8. The average molecular weight is 283 g/mol. The molecule has 5 heteroatoms. The second-order valence-electron chi connectivity index (χ2n) is 5.91. The molecule has 21 heavy (non-hydrogen) atoms. The number of rotatable bonds is 1. The number of anilines is 1. The van der Waals surface area contributed by atoms with E-state index in [0.29, 0.717) is 5.82 Å². The highest BCUT2D eigenvalue weighted by Crippen LogP contribution is 2.26. The first-order chi connectivity index (χ1) is 9.92. The van der Waals surface area contributed by atoms with Crippen LogP contribution in [-0.4, -0.2) is 21.7 Å². The van der Waals surface area contributed by atoms with Gasteiger partial charge in [-0.2, -0.15) is 0 Å². The molecule has 0 saturated carbocycles. The Morgan fingerprint density at radius 2 is 1.95 bits per heavy atom. The fraction of sp³-hybridized carbons (Fsp3) is 0.250. The van der Waals surface area contributed by atoms with E-state index in [1.807, 2.05) is 51.1 Å². The molecule has 3 rings (SSSR count). The molecule has 0 atom stereocenters. The Kier molecular flexibility index (Phi) is 3.05. The Morgan fingerprint density at radius 3 is 2.71 bits per heavy atom. The number of amides is 1. The molecule has 0 unspecified atom stereocenters. The predicted octanol–water partition coefficient (Wildman–Crippen LogP) is 4.06. The smallest absolute Gasteiger partial charge is 0.413 e. The van der Waals surface area contributed by atoms with Gasteiger partial charge >= 0.3 is 6.09 Å². The lowest BCUT2D eigenvalue weighted by molar-refractivity contribution is 0.0635. The second kappa shape index (κ2) is 4.77. The van der Waals surface area contributed by atoms with Gasteiger partial charge in [0, 0.05) is 16.3 Å². The molecule has 0 radical (unpaired) electrons. The summed E-state index contributed by atoms with van der Waals surface area (Å²) in [7, 11) is 0. The molecule has 108 valence electrons. The van der Waals surface area contributed by atoms with Crippen LogP contribution in [0.3, 0.4) is 0 Å². The molecule has 2 aromatic heterocycles. The monoisotopic (exact) mass is 283 g/mol. The molecular weight excluding hydrogens is 266 g/mol. The molecule has 2 heterocycles. The zero-order valence-electron chi connectivity index (χ0n) is 12.2. The molecule has 0 fully saturated rings. The number of H-pyrrole nitrogens is 1. The number of aromatic amines is 1. The maximum atomic E-state index is 11.8. The number of fused-ring (bicyclic) bond motifs is 3. The van der Waals surface area contributed by atoms with Crippen LogP contribution in [-0.2, 0) is 4.74 Å². The van der Waals surface area contributed by atoms with Crippen molar-refractivity contribution in [2.24, 2.45) is 0 Å². The van der Waals surface area contributed by atoms with Crippen molar-refractivity contribution >= 4 is 33.7 Å². The number of para-hydroxylation sites is 1. The van der Waals surface area contributed by atoms with Gasteiger partial charge in [-0.15, -0.1) is 0 Å². The van der Waals surface area contributed by atoms with Crippen molar-refractivity contribution < 1.29 is 9.53 Å². The largest absolute Gasteiger partial charge is 0.444 e. The molecule has 2 N–H and O–H groups in total. The molecule has 0 aliphatic rings. The van der Waals surface area contributed by atoms with Crippen LogP contribution < -0.4 is 5.32 Å². The van der Waals surface area contributed by atoms with Crippen molar-refractivity contribution in [2.45, 2.75) is 26.4 Å². The lowest BCUT2D eigenvalue weighted by Gasteiger charge is -2.19. The highest BCUT2D eigenvalue weighted by atomic mass is 16.6. The lowest BCUT2D eigenvalue weighted by Crippen LogP contribution is -2.27. The Morgan fingerprint density at radius 1 is 1.19 bits per heavy atom. The SMILES string of the molecule is CC(C)(C)OC(=O)Nc1cc2c(cn1)[nH]c1ccccc12. The Balaban J connectivity index is 1.94. The lowest BCUT2D eigenvalue weighted by atomic mass is 10.2. The summed E-state index contributed by atoms with van der Waals surface area (Å²) < 4.78 is 5.22. The maximum Gasteiger partial charge on any atom is 0.413 e. The van der Waals surface area contributed by atoms with E-state index in [1.165, 1.54) is 0 Å². The summed E-state index contributed by atoms with van der Waals surface area (Å²) in [5.41, 5.74) is 1.45. The summed E-state index contributed by atoms with van der Waals surface area (Å²) in [5, 5.41) is 4.78. The van der Waals surface area contributed by atoms with E-state index in [-0.39, 0.29) is 0 Å². The first-order valence-corrected chi connectivity index (χ1v) is 6.79. The van der Waals surface area contributed by atoms with Gasteiger partial charge in [-0.3, -0.25) is 5.32 Å². The molecule has 3 aromatic rings. The molecule has 5 nitrogen and oxygen atoms in total.